The molecule has 0 fully saturated rings. The third kappa shape index (κ3) is 4.36. The second kappa shape index (κ2) is 8.57. The molecule has 0 atom stereocenters. The van der Waals surface area contributed by atoms with Gasteiger partial charge in [-0.3, -0.25) is 4.68 Å². The van der Waals surface area contributed by atoms with Gasteiger partial charge < -0.3 is 14.6 Å². The number of rotatable bonds is 3. The van der Waals surface area contributed by atoms with Gasteiger partial charge in [-0.05, 0) is 31.2 Å². The van der Waals surface area contributed by atoms with Crippen molar-refractivity contribution in [3.05, 3.63) is 70.9 Å². The van der Waals surface area contributed by atoms with Gasteiger partial charge in [-0.25, -0.2) is 4.79 Å². The van der Waals surface area contributed by atoms with Gasteiger partial charge in [0.25, 0.3) is 5.89 Å². The topological polar surface area (TPSA) is 89.1 Å². The van der Waals surface area contributed by atoms with E-state index in [2.05, 4.69) is 20.6 Å². The summed E-state index contributed by atoms with van der Waals surface area (Å²) < 4.78 is 47.6. The minimum atomic E-state index is -4.58. The Bertz CT molecular complexity index is 1390. The van der Waals surface area contributed by atoms with Crippen LogP contribution in [0.2, 0.25) is 0 Å². The highest BCUT2D eigenvalue weighted by atomic mass is 19.4. The molecule has 2 aromatic carbocycles. The van der Waals surface area contributed by atoms with Gasteiger partial charge in [0.2, 0.25) is 5.89 Å². The van der Waals surface area contributed by atoms with E-state index in [1.54, 1.807) is 11.7 Å². The van der Waals surface area contributed by atoms with E-state index >= 15 is 0 Å². The summed E-state index contributed by atoms with van der Waals surface area (Å²) in [7, 11) is 1.79. The lowest BCUT2D eigenvalue weighted by molar-refractivity contribution is -0.136. The summed E-state index contributed by atoms with van der Waals surface area (Å²) in [5.41, 5.74) is 2.74. The van der Waals surface area contributed by atoms with E-state index in [4.69, 9.17) is 4.42 Å². The molecule has 0 unspecified atom stereocenters. The molecule has 3 heterocycles. The van der Waals surface area contributed by atoms with Gasteiger partial charge >= 0.3 is 12.2 Å². The predicted octanol–water partition coefficient (Wildman–Crippen LogP) is 5.05. The normalized spacial score (nSPS) is 13.6. The van der Waals surface area contributed by atoms with Crippen molar-refractivity contribution in [3.63, 3.8) is 0 Å². The number of carbonyl (C=O) groups excluding carboxylic acids is 1. The number of hydrogen-bond acceptors (Lipinski definition) is 5. The molecule has 1 aliphatic heterocycles. The van der Waals surface area contributed by atoms with Gasteiger partial charge in [-0.1, -0.05) is 29.8 Å². The number of aromatic nitrogens is 4. The largest absolute Gasteiger partial charge is 0.418 e. The molecule has 0 aliphatic carbocycles. The Balaban J connectivity index is 1.40. The molecule has 2 amide bonds. The van der Waals surface area contributed by atoms with Gasteiger partial charge in [0.15, 0.2) is 5.69 Å². The van der Waals surface area contributed by atoms with Crippen molar-refractivity contribution in [2.24, 2.45) is 7.05 Å². The van der Waals surface area contributed by atoms with Crippen molar-refractivity contribution in [2.45, 2.75) is 26.1 Å². The molecule has 0 saturated heterocycles. The molecule has 0 spiro atoms. The minimum Gasteiger partial charge on any atom is -0.415 e. The zero-order valence-corrected chi connectivity index (χ0v) is 18.9. The van der Waals surface area contributed by atoms with Gasteiger partial charge in [-0.15, -0.1) is 10.2 Å². The lowest BCUT2D eigenvalue weighted by Crippen LogP contribution is -2.39. The first-order chi connectivity index (χ1) is 16.7. The SMILES string of the molecule is Cc1ccc(-c2nnc(-c3nn(C)c4c3CN(C(=O)Nc3ccccc3C(F)(F)F)CC4)o2)cc1. The maximum Gasteiger partial charge on any atom is 0.418 e. The van der Waals surface area contributed by atoms with E-state index in [1.807, 2.05) is 31.2 Å². The molecule has 8 nitrogen and oxygen atoms in total. The van der Waals surface area contributed by atoms with Crippen molar-refractivity contribution < 1.29 is 22.4 Å². The van der Waals surface area contributed by atoms with Gasteiger partial charge in [0, 0.05) is 36.8 Å². The number of halogens is 3. The number of nitrogens with zero attached hydrogens (tertiary/aromatic N) is 5. The molecule has 0 bridgehead atoms. The number of alkyl halides is 3. The number of carbonyl (C=O) groups is 1. The zero-order valence-electron chi connectivity index (χ0n) is 18.9. The van der Waals surface area contributed by atoms with Crippen LogP contribution in [0.25, 0.3) is 23.0 Å². The molecule has 4 aromatic rings. The van der Waals surface area contributed by atoms with Crippen LogP contribution in [0.5, 0.6) is 0 Å². The fourth-order valence-electron chi connectivity index (χ4n) is 4.10. The third-order valence-corrected chi connectivity index (χ3v) is 5.93. The highest BCUT2D eigenvalue weighted by Crippen LogP contribution is 2.35. The summed E-state index contributed by atoms with van der Waals surface area (Å²) >= 11 is 0. The van der Waals surface area contributed by atoms with Crippen molar-refractivity contribution in [1.82, 2.24) is 24.9 Å². The Hall–Kier alpha value is -4.15. The number of benzene rings is 2. The van der Waals surface area contributed by atoms with E-state index in [9.17, 15) is 18.0 Å². The Morgan fingerprint density at radius 2 is 1.77 bits per heavy atom. The monoisotopic (exact) mass is 482 g/mol. The van der Waals surface area contributed by atoms with Gasteiger partial charge in [0.1, 0.15) is 0 Å². The standard InChI is InChI=1S/C24H21F3N6O2/c1-14-7-9-15(10-8-14)21-29-30-22(35-21)20-16-13-33(12-11-19(16)32(2)31-20)23(34)28-18-6-4-3-5-17(18)24(25,26)27/h3-10H,11-13H2,1-2H3,(H,28,34). The molecule has 5 rings (SSSR count). The van der Waals surface area contributed by atoms with Crippen molar-refractivity contribution in [2.75, 3.05) is 11.9 Å². The van der Waals surface area contributed by atoms with E-state index in [-0.39, 0.29) is 18.1 Å². The molecule has 1 N–H and O–H groups in total. The van der Waals surface area contributed by atoms with Crippen LogP contribution in [0, 0.1) is 6.92 Å². The first kappa shape index (κ1) is 22.6. The number of amides is 2. The first-order valence-electron chi connectivity index (χ1n) is 10.9. The number of hydrogen-bond donors (Lipinski definition) is 1. The average molecular weight is 482 g/mol. The summed E-state index contributed by atoms with van der Waals surface area (Å²) in [6.07, 6.45) is -4.10. The lowest BCUT2D eigenvalue weighted by atomic mass is 10.1. The molecule has 0 saturated carbocycles. The summed E-state index contributed by atoms with van der Waals surface area (Å²) in [5.74, 6) is 0.552. The van der Waals surface area contributed by atoms with Crippen LogP contribution < -0.4 is 5.32 Å². The predicted molar refractivity (Wildman–Crippen MR) is 121 cm³/mol. The Kier molecular flexibility index (Phi) is 5.54. The second-order valence-corrected chi connectivity index (χ2v) is 8.32. The molecule has 180 valence electrons. The molecule has 11 heteroatoms. The molecular formula is C24H21F3N6O2. The summed E-state index contributed by atoms with van der Waals surface area (Å²) in [4.78, 5) is 14.3. The Labute approximate surface area is 198 Å². The van der Waals surface area contributed by atoms with E-state index in [0.717, 1.165) is 28.5 Å². The Morgan fingerprint density at radius 3 is 2.51 bits per heavy atom. The third-order valence-electron chi connectivity index (χ3n) is 5.93. The first-order valence-corrected chi connectivity index (χ1v) is 10.9. The van der Waals surface area contributed by atoms with Gasteiger partial charge in [0.05, 0.1) is 17.8 Å². The summed E-state index contributed by atoms with van der Waals surface area (Å²) in [5, 5.41) is 15.2. The van der Waals surface area contributed by atoms with E-state index < -0.39 is 17.8 Å². The number of para-hydroxylation sites is 1. The summed E-state index contributed by atoms with van der Waals surface area (Å²) in [6, 6.07) is 11.9. The highest BCUT2D eigenvalue weighted by molar-refractivity contribution is 5.90. The van der Waals surface area contributed by atoms with Crippen LogP contribution in [-0.2, 0) is 26.2 Å². The van der Waals surface area contributed by atoms with Crippen molar-refractivity contribution in [1.29, 1.82) is 0 Å². The van der Waals surface area contributed by atoms with Crippen LogP contribution in [0.15, 0.2) is 52.9 Å². The minimum absolute atomic E-state index is 0.140. The number of anilines is 1. The van der Waals surface area contributed by atoms with Crippen LogP contribution >= 0.6 is 0 Å². The van der Waals surface area contributed by atoms with Crippen LogP contribution in [0.3, 0.4) is 0 Å². The van der Waals surface area contributed by atoms with Crippen LogP contribution in [0.1, 0.15) is 22.4 Å². The maximum atomic E-state index is 13.3. The fraction of sp³-hybridized carbons (Fsp3) is 0.250. The Morgan fingerprint density at radius 1 is 1.06 bits per heavy atom. The average Bonchev–Trinajstić information content (AvgIpc) is 3.44. The summed E-state index contributed by atoms with van der Waals surface area (Å²) in [6.45, 7) is 2.44. The molecule has 0 radical (unpaired) electrons. The lowest BCUT2D eigenvalue weighted by Gasteiger charge is -2.28. The smallest absolute Gasteiger partial charge is 0.415 e. The van der Waals surface area contributed by atoms with E-state index in [0.29, 0.717) is 24.6 Å². The van der Waals surface area contributed by atoms with Crippen LogP contribution in [0.4, 0.5) is 23.7 Å². The van der Waals surface area contributed by atoms with Crippen LogP contribution in [-0.4, -0.2) is 37.5 Å². The quantitative estimate of drug-likeness (QED) is 0.441. The van der Waals surface area contributed by atoms with Crippen molar-refractivity contribution >= 4 is 11.7 Å². The number of nitrogens with one attached hydrogen (secondary N) is 1. The van der Waals surface area contributed by atoms with Gasteiger partial charge in [-0.2, -0.15) is 18.3 Å². The highest BCUT2D eigenvalue weighted by Gasteiger charge is 2.35. The number of urea groups is 1. The van der Waals surface area contributed by atoms with E-state index in [1.165, 1.54) is 23.1 Å². The number of aryl methyl sites for hydroxylation is 2. The number of fused-ring (bicyclic) bond motifs is 1. The maximum absolute atomic E-state index is 13.3. The molecule has 1 aliphatic rings. The van der Waals surface area contributed by atoms with Crippen molar-refractivity contribution in [3.8, 4) is 23.0 Å². The molecule has 35 heavy (non-hydrogen) atoms. The fourth-order valence-corrected chi connectivity index (χ4v) is 4.10. The second-order valence-electron chi connectivity index (χ2n) is 8.32. The molecular weight excluding hydrogens is 461 g/mol. The molecule has 2 aromatic heterocycles. The zero-order chi connectivity index (χ0) is 24.7.